The molecule has 9 nitrogen and oxygen atoms in total. The van der Waals surface area contributed by atoms with E-state index in [1.807, 2.05) is 54.8 Å². The van der Waals surface area contributed by atoms with Crippen molar-refractivity contribution in [2.75, 3.05) is 26.2 Å². The van der Waals surface area contributed by atoms with Gasteiger partial charge >= 0.3 is 6.09 Å². The van der Waals surface area contributed by atoms with Gasteiger partial charge in [-0.2, -0.15) is 5.10 Å². The lowest BCUT2D eigenvalue weighted by atomic mass is 9.92. The number of rotatable bonds is 3. The second-order valence-electron chi connectivity index (χ2n) is 11.8. The van der Waals surface area contributed by atoms with E-state index in [0.717, 1.165) is 41.5 Å². The predicted octanol–water partition coefficient (Wildman–Crippen LogP) is 3.92. The number of hydrogen-bond acceptors (Lipinski definition) is 6. The van der Waals surface area contributed by atoms with Crippen LogP contribution in [0.5, 0.6) is 5.75 Å². The molecule has 2 fully saturated rings. The van der Waals surface area contributed by atoms with Crippen molar-refractivity contribution in [3.05, 3.63) is 69.1 Å². The van der Waals surface area contributed by atoms with Crippen molar-refractivity contribution in [3.8, 4) is 5.75 Å². The smallest absolute Gasteiger partial charge is 0.410 e. The third-order valence-electron chi connectivity index (χ3n) is 7.92. The molecule has 0 radical (unpaired) electrons. The lowest BCUT2D eigenvalue weighted by Gasteiger charge is -2.37. The summed E-state index contributed by atoms with van der Waals surface area (Å²) in [6, 6.07) is 11.4. The van der Waals surface area contributed by atoms with Crippen LogP contribution in [-0.2, 0) is 17.6 Å². The van der Waals surface area contributed by atoms with Crippen molar-refractivity contribution in [1.82, 2.24) is 20.0 Å². The molecule has 3 aliphatic heterocycles. The van der Waals surface area contributed by atoms with E-state index >= 15 is 0 Å². The summed E-state index contributed by atoms with van der Waals surface area (Å²) in [5, 5.41) is 8.34. The maximum Gasteiger partial charge on any atom is 0.410 e. The van der Waals surface area contributed by atoms with E-state index in [0.29, 0.717) is 49.4 Å². The van der Waals surface area contributed by atoms with Crippen LogP contribution in [0.1, 0.15) is 60.8 Å². The van der Waals surface area contributed by atoms with Gasteiger partial charge in [0.1, 0.15) is 11.4 Å². The monoisotopic (exact) mass is 530 g/mol. The van der Waals surface area contributed by atoms with Crippen molar-refractivity contribution in [1.29, 1.82) is 0 Å². The van der Waals surface area contributed by atoms with E-state index in [2.05, 4.69) is 16.3 Å². The molecule has 0 spiro atoms. The number of piperidine rings is 1. The first-order valence-electron chi connectivity index (χ1n) is 13.7. The predicted molar refractivity (Wildman–Crippen MR) is 146 cm³/mol. The maximum absolute atomic E-state index is 14.0. The van der Waals surface area contributed by atoms with Gasteiger partial charge in [0.05, 0.1) is 29.3 Å². The van der Waals surface area contributed by atoms with Crippen LogP contribution in [-0.4, -0.2) is 69.9 Å². The first-order valence-corrected chi connectivity index (χ1v) is 13.7. The fourth-order valence-corrected chi connectivity index (χ4v) is 6.20. The fraction of sp³-hybridized carbons (Fsp3) is 0.467. The summed E-state index contributed by atoms with van der Waals surface area (Å²) in [5.74, 6) is 0.804. The van der Waals surface area contributed by atoms with E-state index in [4.69, 9.17) is 9.47 Å². The Morgan fingerprint density at radius 2 is 1.95 bits per heavy atom. The number of aromatic amines is 1. The molecular formula is C30H34N4O5. The van der Waals surface area contributed by atoms with Gasteiger partial charge in [-0.1, -0.05) is 24.3 Å². The minimum atomic E-state index is -0.567. The molecule has 9 heteroatoms. The summed E-state index contributed by atoms with van der Waals surface area (Å²) in [6.07, 6.45) is 2.78. The van der Waals surface area contributed by atoms with E-state index in [1.165, 1.54) is 0 Å². The van der Waals surface area contributed by atoms with Crippen LogP contribution in [0.25, 0.3) is 10.8 Å². The van der Waals surface area contributed by atoms with Crippen molar-refractivity contribution in [2.45, 2.75) is 58.1 Å². The number of nitrogens with zero attached hydrogens (tertiary/aromatic N) is 3. The molecule has 2 unspecified atom stereocenters. The molecule has 0 bridgehead atoms. The summed E-state index contributed by atoms with van der Waals surface area (Å²) in [7, 11) is 0. The van der Waals surface area contributed by atoms with Crippen molar-refractivity contribution in [3.63, 3.8) is 0 Å². The summed E-state index contributed by atoms with van der Waals surface area (Å²) in [6.45, 7) is 7.88. The summed E-state index contributed by atoms with van der Waals surface area (Å²) in [5.41, 5.74) is 2.47. The number of amides is 2. The zero-order chi connectivity index (χ0) is 27.3. The van der Waals surface area contributed by atoms with Gasteiger partial charge in [0.15, 0.2) is 0 Å². The lowest BCUT2D eigenvalue weighted by Crippen LogP contribution is -2.50. The first-order chi connectivity index (χ1) is 18.7. The molecule has 6 rings (SSSR count). The Bertz CT molecular complexity index is 1510. The highest BCUT2D eigenvalue weighted by atomic mass is 16.6. The number of carbonyl (C=O) groups excluding carboxylic acids is 2. The Hall–Kier alpha value is -3.88. The molecule has 4 heterocycles. The van der Waals surface area contributed by atoms with Crippen LogP contribution in [0.15, 0.2) is 41.2 Å². The number of ether oxygens (including phenoxy) is 2. The Labute approximate surface area is 227 Å². The first kappa shape index (κ1) is 25.4. The Morgan fingerprint density at radius 3 is 2.74 bits per heavy atom. The highest BCUT2D eigenvalue weighted by molar-refractivity contribution is 5.98. The molecule has 3 aromatic rings. The Morgan fingerprint density at radius 1 is 1.15 bits per heavy atom. The van der Waals surface area contributed by atoms with Gasteiger partial charge in [-0.25, -0.2) is 9.89 Å². The number of nitrogens with one attached hydrogen (secondary N) is 1. The molecule has 2 saturated heterocycles. The molecule has 39 heavy (non-hydrogen) atoms. The van der Waals surface area contributed by atoms with Crippen LogP contribution in [0.2, 0.25) is 0 Å². The average Bonchev–Trinajstić information content (AvgIpc) is 3.55. The number of benzene rings is 2. The summed E-state index contributed by atoms with van der Waals surface area (Å²) < 4.78 is 11.6. The number of carbonyl (C=O) groups is 2. The minimum Gasteiger partial charge on any atom is -0.492 e. The van der Waals surface area contributed by atoms with Crippen LogP contribution >= 0.6 is 0 Å². The van der Waals surface area contributed by atoms with Crippen LogP contribution in [0.4, 0.5) is 4.79 Å². The number of H-pyrrole nitrogens is 1. The third-order valence-corrected chi connectivity index (χ3v) is 7.92. The quantitative estimate of drug-likeness (QED) is 0.551. The Kier molecular flexibility index (Phi) is 6.32. The number of aromatic nitrogens is 2. The molecule has 1 N–H and O–H groups in total. The normalized spacial score (nSPS) is 20.5. The molecule has 2 amide bonds. The van der Waals surface area contributed by atoms with Crippen molar-refractivity contribution >= 4 is 22.8 Å². The second kappa shape index (κ2) is 9.70. The second-order valence-corrected chi connectivity index (χ2v) is 11.8. The highest BCUT2D eigenvalue weighted by Crippen LogP contribution is 2.36. The molecule has 1 aromatic heterocycles. The zero-order valence-electron chi connectivity index (χ0n) is 22.7. The van der Waals surface area contributed by atoms with Gasteiger partial charge in [-0.3, -0.25) is 9.59 Å². The largest absolute Gasteiger partial charge is 0.492 e. The fourth-order valence-electron chi connectivity index (χ4n) is 6.20. The zero-order valence-corrected chi connectivity index (χ0v) is 22.7. The van der Waals surface area contributed by atoms with Gasteiger partial charge in [0, 0.05) is 37.9 Å². The SMILES string of the molecule is CC(C)(C)OC(=O)N1CCCC2CN(C(=O)c3cc(Cc4n[nH]c(=O)c5ccccc45)cc4c3OCC4)CC21. The molecular weight excluding hydrogens is 496 g/mol. The summed E-state index contributed by atoms with van der Waals surface area (Å²) >= 11 is 0. The standard InChI is InChI=1S/C30H34N4O5/c1-30(2,3)39-29(37)34-11-6-7-20-16-33(17-25(20)34)28(36)23-14-18(13-19-10-12-38-26(19)23)15-24-21-8-4-5-9-22(21)27(35)32-31-24/h4-5,8-9,13-14,20,25H,6-7,10-12,15-17H2,1-3H3,(H,32,35). The average molecular weight is 531 g/mol. The molecule has 0 aliphatic carbocycles. The molecule has 3 aliphatic rings. The maximum atomic E-state index is 14.0. The lowest BCUT2D eigenvalue weighted by molar-refractivity contribution is 0.00615. The van der Waals surface area contributed by atoms with Gasteiger partial charge in [0.2, 0.25) is 0 Å². The van der Waals surface area contributed by atoms with E-state index < -0.39 is 5.60 Å². The van der Waals surface area contributed by atoms with E-state index in [1.54, 1.807) is 6.07 Å². The van der Waals surface area contributed by atoms with Gasteiger partial charge in [-0.15, -0.1) is 0 Å². The van der Waals surface area contributed by atoms with E-state index in [9.17, 15) is 14.4 Å². The van der Waals surface area contributed by atoms with Crippen molar-refractivity contribution < 1.29 is 19.1 Å². The van der Waals surface area contributed by atoms with Crippen molar-refractivity contribution in [2.24, 2.45) is 5.92 Å². The minimum absolute atomic E-state index is 0.0496. The van der Waals surface area contributed by atoms with Crippen LogP contribution < -0.4 is 10.3 Å². The topological polar surface area (TPSA) is 105 Å². The Balaban J connectivity index is 1.28. The number of likely N-dealkylation sites (tertiary alicyclic amines) is 2. The summed E-state index contributed by atoms with van der Waals surface area (Å²) in [4.78, 5) is 42.8. The molecule has 2 aromatic carbocycles. The molecule has 0 saturated carbocycles. The van der Waals surface area contributed by atoms with Gasteiger partial charge in [0.25, 0.3) is 11.5 Å². The van der Waals surface area contributed by atoms with E-state index in [-0.39, 0.29) is 29.5 Å². The van der Waals surface area contributed by atoms with Gasteiger partial charge in [-0.05, 0) is 62.8 Å². The molecule has 2 atom stereocenters. The third kappa shape index (κ3) is 4.86. The molecule has 204 valence electrons. The van der Waals surface area contributed by atoms with Crippen LogP contribution in [0, 0.1) is 5.92 Å². The number of fused-ring (bicyclic) bond motifs is 3. The highest BCUT2D eigenvalue weighted by Gasteiger charge is 2.44. The van der Waals surface area contributed by atoms with Gasteiger partial charge < -0.3 is 19.3 Å². The number of hydrogen-bond donors (Lipinski definition) is 1. The van der Waals surface area contributed by atoms with Crippen LogP contribution in [0.3, 0.4) is 0 Å².